The molecule has 2 N–H and O–H groups in total. The molecule has 1 aromatic carbocycles. The molecule has 3 unspecified atom stereocenters. The zero-order valence-corrected chi connectivity index (χ0v) is 14.5. The average Bonchev–Trinajstić information content (AvgIpc) is 2.96. The molecular weight excluding hydrogens is 304 g/mol. The molecule has 4 heteroatoms. The lowest BCUT2D eigenvalue weighted by atomic mass is 9.51. The van der Waals surface area contributed by atoms with Crippen LogP contribution in [0.1, 0.15) is 36.0 Å². The summed E-state index contributed by atoms with van der Waals surface area (Å²) >= 11 is 0. The topological polar surface area (TPSA) is 58.9 Å². The third-order valence-corrected chi connectivity index (χ3v) is 6.95. The summed E-state index contributed by atoms with van der Waals surface area (Å²) in [6.45, 7) is 8.04. The Bertz CT molecular complexity index is 684. The van der Waals surface area contributed by atoms with Gasteiger partial charge in [0.05, 0.1) is 19.3 Å². The van der Waals surface area contributed by atoms with Crippen molar-refractivity contribution in [2.75, 3.05) is 7.11 Å². The van der Waals surface area contributed by atoms with E-state index in [-0.39, 0.29) is 23.9 Å². The molecule has 2 aliphatic heterocycles. The molecule has 130 valence electrons. The molecule has 2 saturated heterocycles. The molecule has 1 aromatic rings. The van der Waals surface area contributed by atoms with Gasteiger partial charge in [0.2, 0.25) is 0 Å². The average molecular weight is 330 g/mol. The summed E-state index contributed by atoms with van der Waals surface area (Å²) in [6.07, 6.45) is 1.62. The van der Waals surface area contributed by atoms with Crippen molar-refractivity contribution in [2.24, 2.45) is 17.3 Å². The zero-order chi connectivity index (χ0) is 17.2. The van der Waals surface area contributed by atoms with Crippen LogP contribution in [0, 0.1) is 24.2 Å². The molecule has 0 amide bonds. The summed E-state index contributed by atoms with van der Waals surface area (Å²) in [5, 5.41) is 21.6. The first-order valence-corrected chi connectivity index (χ1v) is 8.76. The highest BCUT2D eigenvalue weighted by Gasteiger charge is 2.67. The normalized spacial score (nSPS) is 42.5. The lowest BCUT2D eigenvalue weighted by molar-refractivity contribution is -0.340. The van der Waals surface area contributed by atoms with Crippen molar-refractivity contribution in [3.05, 3.63) is 41.5 Å². The molecular formula is C20H26O4. The first kappa shape index (κ1) is 16.1. The smallest absolute Gasteiger partial charge is 0.161 e. The van der Waals surface area contributed by atoms with E-state index in [0.717, 1.165) is 17.7 Å². The third kappa shape index (κ3) is 1.74. The highest BCUT2D eigenvalue weighted by molar-refractivity contribution is 5.51. The van der Waals surface area contributed by atoms with Gasteiger partial charge in [0.1, 0.15) is 5.75 Å². The molecule has 4 aliphatic rings. The van der Waals surface area contributed by atoms with Gasteiger partial charge >= 0.3 is 0 Å². The van der Waals surface area contributed by atoms with E-state index in [0.29, 0.717) is 6.42 Å². The fourth-order valence-electron chi connectivity index (χ4n) is 5.76. The van der Waals surface area contributed by atoms with Crippen molar-refractivity contribution < 1.29 is 19.7 Å². The van der Waals surface area contributed by atoms with E-state index in [1.54, 1.807) is 7.11 Å². The van der Waals surface area contributed by atoms with Gasteiger partial charge in [-0.25, -0.2) is 0 Å². The van der Waals surface area contributed by atoms with E-state index in [2.05, 4.69) is 19.6 Å². The van der Waals surface area contributed by atoms with E-state index < -0.39 is 17.8 Å². The van der Waals surface area contributed by atoms with E-state index in [1.165, 1.54) is 11.1 Å². The van der Waals surface area contributed by atoms with Gasteiger partial charge < -0.3 is 19.7 Å². The van der Waals surface area contributed by atoms with Crippen molar-refractivity contribution in [3.63, 3.8) is 0 Å². The first-order valence-electron chi connectivity index (χ1n) is 8.76. The number of rotatable bonds is 3. The van der Waals surface area contributed by atoms with Crippen LogP contribution >= 0.6 is 0 Å². The molecule has 0 spiro atoms. The Kier molecular flexibility index (Phi) is 3.57. The summed E-state index contributed by atoms with van der Waals surface area (Å²) < 4.78 is 11.4. The summed E-state index contributed by atoms with van der Waals surface area (Å²) in [7, 11) is 1.69. The number of ether oxygens (including phenoxy) is 2. The van der Waals surface area contributed by atoms with Gasteiger partial charge in [0, 0.05) is 11.3 Å². The Morgan fingerprint density at radius 3 is 2.83 bits per heavy atom. The fourth-order valence-corrected chi connectivity index (χ4v) is 5.76. The Morgan fingerprint density at radius 1 is 1.42 bits per heavy atom. The first-order chi connectivity index (χ1) is 11.5. The van der Waals surface area contributed by atoms with Gasteiger partial charge in [-0.3, -0.25) is 0 Å². The van der Waals surface area contributed by atoms with Crippen LogP contribution in [0.5, 0.6) is 5.75 Å². The van der Waals surface area contributed by atoms with E-state index >= 15 is 0 Å². The highest BCUT2D eigenvalue weighted by Crippen LogP contribution is 2.66. The summed E-state index contributed by atoms with van der Waals surface area (Å²) in [6, 6.07) is 4.16. The quantitative estimate of drug-likeness (QED) is 0.836. The number of methoxy groups -OCH3 is 1. The van der Waals surface area contributed by atoms with E-state index in [1.807, 2.05) is 19.1 Å². The molecule has 4 nitrogen and oxygen atoms in total. The molecule has 5 rings (SSSR count). The maximum absolute atomic E-state index is 10.8. The number of hydrogen-bond donors (Lipinski definition) is 2. The molecule has 7 atom stereocenters. The monoisotopic (exact) mass is 330 g/mol. The van der Waals surface area contributed by atoms with Crippen LogP contribution in [0.3, 0.4) is 0 Å². The van der Waals surface area contributed by atoms with Gasteiger partial charge in [-0.15, -0.1) is 6.58 Å². The molecule has 2 aliphatic carbocycles. The van der Waals surface area contributed by atoms with Crippen molar-refractivity contribution >= 4 is 0 Å². The maximum atomic E-state index is 10.8. The molecule has 3 fully saturated rings. The Morgan fingerprint density at radius 2 is 2.17 bits per heavy atom. The second-order valence-electron chi connectivity index (χ2n) is 7.64. The zero-order valence-electron chi connectivity index (χ0n) is 14.5. The summed E-state index contributed by atoms with van der Waals surface area (Å²) in [5.74, 6) is 1.23. The number of benzene rings is 1. The van der Waals surface area contributed by atoms with Gasteiger partial charge in [-0.2, -0.15) is 0 Å². The van der Waals surface area contributed by atoms with Crippen LogP contribution in [0.25, 0.3) is 0 Å². The standard InChI is InChI=1S/C20H26O4/c1-5-8-20-11(3)17(21)18(24-19(20)22)14-9-13-10(2)15(23-4)7-6-12(13)16(14)20/h5-7,11,14,16-19,21-22H,1,8-9H2,2-4H3/t11?,14-,16+,17?,18+,19?,20+/m0/s1. The minimum absolute atomic E-state index is 0.0427. The van der Waals surface area contributed by atoms with Crippen LogP contribution in [-0.4, -0.2) is 35.8 Å². The fraction of sp³-hybridized carbons (Fsp3) is 0.600. The van der Waals surface area contributed by atoms with Crippen molar-refractivity contribution in [1.82, 2.24) is 0 Å². The third-order valence-electron chi connectivity index (χ3n) is 6.95. The molecule has 2 heterocycles. The molecule has 0 radical (unpaired) electrons. The Labute approximate surface area is 143 Å². The number of hydrogen-bond acceptors (Lipinski definition) is 4. The Balaban J connectivity index is 1.91. The molecule has 1 saturated carbocycles. The van der Waals surface area contributed by atoms with Crippen LogP contribution in [-0.2, 0) is 11.2 Å². The predicted molar refractivity (Wildman–Crippen MR) is 91.0 cm³/mol. The Hall–Kier alpha value is -1.36. The largest absolute Gasteiger partial charge is 0.496 e. The maximum Gasteiger partial charge on any atom is 0.161 e. The highest BCUT2D eigenvalue weighted by atomic mass is 16.6. The SMILES string of the molecule is C=CC[C@@]12C(O)O[C@@H](C(O)C1C)[C@H]1Cc3c(ccc(OC)c3C)[C@H]12. The number of aliphatic hydroxyl groups is 2. The van der Waals surface area contributed by atoms with Crippen LogP contribution in [0.15, 0.2) is 24.8 Å². The molecule has 24 heavy (non-hydrogen) atoms. The van der Waals surface area contributed by atoms with Crippen LogP contribution in [0.2, 0.25) is 0 Å². The molecule has 2 bridgehead atoms. The summed E-state index contributed by atoms with van der Waals surface area (Å²) in [4.78, 5) is 0. The second kappa shape index (κ2) is 5.32. The van der Waals surface area contributed by atoms with E-state index in [9.17, 15) is 10.2 Å². The van der Waals surface area contributed by atoms with E-state index in [4.69, 9.17) is 9.47 Å². The van der Waals surface area contributed by atoms with Crippen molar-refractivity contribution in [3.8, 4) is 5.75 Å². The number of fused-ring (bicyclic) bond motifs is 3. The minimum Gasteiger partial charge on any atom is -0.496 e. The van der Waals surface area contributed by atoms with Gasteiger partial charge in [-0.05, 0) is 54.4 Å². The van der Waals surface area contributed by atoms with Crippen LogP contribution in [0.4, 0.5) is 0 Å². The lowest BCUT2D eigenvalue weighted by Gasteiger charge is -2.62. The predicted octanol–water partition coefficient (Wildman–Crippen LogP) is 2.55. The van der Waals surface area contributed by atoms with Gasteiger partial charge in [0.25, 0.3) is 0 Å². The van der Waals surface area contributed by atoms with Gasteiger partial charge in [-0.1, -0.05) is 19.1 Å². The second-order valence-corrected chi connectivity index (χ2v) is 7.64. The summed E-state index contributed by atoms with van der Waals surface area (Å²) in [5.41, 5.74) is 3.22. The number of allylic oxidation sites excluding steroid dienone is 1. The van der Waals surface area contributed by atoms with Crippen molar-refractivity contribution in [2.45, 2.75) is 51.1 Å². The minimum atomic E-state index is -0.867. The number of aliphatic hydroxyl groups excluding tert-OH is 2. The lowest BCUT2D eigenvalue weighted by Crippen LogP contribution is -2.67. The van der Waals surface area contributed by atoms with Crippen LogP contribution < -0.4 is 4.74 Å². The molecule has 0 aromatic heterocycles. The van der Waals surface area contributed by atoms with Gasteiger partial charge in [0.15, 0.2) is 6.29 Å². The van der Waals surface area contributed by atoms with Crippen molar-refractivity contribution in [1.29, 1.82) is 0 Å².